The first-order valence-corrected chi connectivity index (χ1v) is 9.46. The smallest absolute Gasteiger partial charge is 0.275 e. The molecule has 0 saturated carbocycles. The van der Waals surface area contributed by atoms with Crippen LogP contribution in [0.5, 0.6) is 0 Å². The number of fused-ring (bicyclic) bond motifs is 1. The summed E-state index contributed by atoms with van der Waals surface area (Å²) < 4.78 is 2.93. The lowest BCUT2D eigenvalue weighted by molar-refractivity contribution is -0.116. The Morgan fingerprint density at radius 1 is 1.07 bits per heavy atom. The molecule has 0 fully saturated rings. The van der Waals surface area contributed by atoms with E-state index in [2.05, 4.69) is 22.3 Å². The predicted octanol–water partition coefficient (Wildman–Crippen LogP) is 3.07. The van der Waals surface area contributed by atoms with Crippen molar-refractivity contribution in [3.8, 4) is 11.4 Å². The first kappa shape index (κ1) is 18.6. The third-order valence-corrected chi connectivity index (χ3v) is 4.78. The lowest BCUT2D eigenvalue weighted by Crippen LogP contribution is -2.25. The van der Waals surface area contributed by atoms with Crippen molar-refractivity contribution >= 4 is 17.4 Å². The summed E-state index contributed by atoms with van der Waals surface area (Å²) in [5.41, 5.74) is 3.11. The zero-order valence-electron chi connectivity index (χ0n) is 16.3. The Hall–Kier alpha value is -3.74. The average molecular weight is 387 g/mol. The maximum atomic E-state index is 12.6. The minimum atomic E-state index is -0.279. The Morgan fingerprint density at radius 3 is 2.48 bits per heavy atom. The van der Waals surface area contributed by atoms with Crippen molar-refractivity contribution in [3.05, 3.63) is 82.3 Å². The van der Waals surface area contributed by atoms with Gasteiger partial charge in [0, 0.05) is 23.0 Å². The fourth-order valence-electron chi connectivity index (χ4n) is 3.17. The van der Waals surface area contributed by atoms with Gasteiger partial charge in [-0.2, -0.15) is 9.50 Å². The van der Waals surface area contributed by atoms with Crippen LogP contribution in [0.1, 0.15) is 18.2 Å². The Labute approximate surface area is 167 Å². The summed E-state index contributed by atoms with van der Waals surface area (Å²) in [6, 6.07) is 18.6. The molecule has 29 heavy (non-hydrogen) atoms. The molecule has 7 heteroatoms. The molecule has 0 aliphatic carbocycles. The van der Waals surface area contributed by atoms with Crippen molar-refractivity contribution in [3.63, 3.8) is 0 Å². The number of hydrogen-bond donors (Lipinski definition) is 1. The van der Waals surface area contributed by atoms with Crippen LogP contribution >= 0.6 is 0 Å². The van der Waals surface area contributed by atoms with E-state index in [1.807, 2.05) is 54.6 Å². The second-order valence-corrected chi connectivity index (χ2v) is 6.82. The normalized spacial score (nSPS) is 11.0. The van der Waals surface area contributed by atoms with Gasteiger partial charge < -0.3 is 9.88 Å². The molecule has 4 rings (SSSR count). The Kier molecular flexibility index (Phi) is 4.95. The zero-order chi connectivity index (χ0) is 20.4. The molecule has 0 atom stereocenters. The molecule has 2 aromatic carbocycles. The molecule has 1 amide bonds. The van der Waals surface area contributed by atoms with E-state index in [0.29, 0.717) is 17.3 Å². The van der Waals surface area contributed by atoms with Gasteiger partial charge in [-0.15, -0.1) is 5.10 Å². The number of carbonyl (C=O) groups is 1. The Morgan fingerprint density at radius 2 is 1.79 bits per heavy atom. The van der Waals surface area contributed by atoms with Crippen LogP contribution in [0.2, 0.25) is 0 Å². The first-order valence-electron chi connectivity index (χ1n) is 9.46. The van der Waals surface area contributed by atoms with Crippen molar-refractivity contribution in [2.24, 2.45) is 0 Å². The topological polar surface area (TPSA) is 81.3 Å². The monoisotopic (exact) mass is 387 g/mol. The van der Waals surface area contributed by atoms with E-state index in [0.717, 1.165) is 17.7 Å². The maximum Gasteiger partial charge on any atom is 0.275 e. The summed E-state index contributed by atoms with van der Waals surface area (Å²) in [5, 5.41) is 7.23. The second kappa shape index (κ2) is 7.71. The number of anilines is 1. The fourth-order valence-corrected chi connectivity index (χ4v) is 3.17. The van der Waals surface area contributed by atoms with Gasteiger partial charge in [-0.05, 0) is 31.0 Å². The summed E-state index contributed by atoms with van der Waals surface area (Å²) in [7, 11) is 0. The van der Waals surface area contributed by atoms with Gasteiger partial charge in [0.2, 0.25) is 11.7 Å². The average Bonchev–Trinajstić information content (AvgIpc) is 3.18. The van der Waals surface area contributed by atoms with Crippen LogP contribution in [0, 0.1) is 6.92 Å². The molecular weight excluding hydrogens is 366 g/mol. The van der Waals surface area contributed by atoms with E-state index in [4.69, 9.17) is 0 Å². The van der Waals surface area contributed by atoms with Gasteiger partial charge in [-0.25, -0.2) is 0 Å². The van der Waals surface area contributed by atoms with Crippen LogP contribution in [0.25, 0.3) is 17.2 Å². The molecule has 2 heterocycles. The summed E-state index contributed by atoms with van der Waals surface area (Å²) in [5.74, 6) is 0.579. The highest BCUT2D eigenvalue weighted by Gasteiger charge is 2.15. The van der Waals surface area contributed by atoms with E-state index < -0.39 is 0 Å². The van der Waals surface area contributed by atoms with E-state index >= 15 is 0 Å². The number of aryl methyl sites for hydroxylation is 2. The van der Waals surface area contributed by atoms with Crippen LogP contribution in [0.15, 0.2) is 65.5 Å². The minimum absolute atomic E-state index is 0.0259. The molecule has 0 radical (unpaired) electrons. The van der Waals surface area contributed by atoms with Crippen LogP contribution in [-0.4, -0.2) is 25.1 Å². The number of hydrogen-bond acceptors (Lipinski definition) is 4. The van der Waals surface area contributed by atoms with Crippen LogP contribution in [0.4, 0.5) is 5.69 Å². The van der Waals surface area contributed by atoms with Gasteiger partial charge in [-0.3, -0.25) is 9.59 Å². The Balaban J connectivity index is 1.66. The molecule has 146 valence electrons. The van der Waals surface area contributed by atoms with Gasteiger partial charge >= 0.3 is 0 Å². The predicted molar refractivity (Wildman–Crippen MR) is 112 cm³/mol. The van der Waals surface area contributed by atoms with Gasteiger partial charge in [0.25, 0.3) is 5.56 Å². The fraction of sp³-hybridized carbons (Fsp3) is 0.182. The Bertz CT molecular complexity index is 1220. The zero-order valence-corrected chi connectivity index (χ0v) is 16.3. The second-order valence-electron chi connectivity index (χ2n) is 6.82. The summed E-state index contributed by atoms with van der Waals surface area (Å²) in [6.07, 6.45) is 0.944. The molecule has 0 aliphatic heterocycles. The molecule has 0 aliphatic rings. The minimum Gasteiger partial charge on any atom is -0.325 e. The molecule has 4 aromatic rings. The summed E-state index contributed by atoms with van der Waals surface area (Å²) in [4.78, 5) is 29.5. The number of benzene rings is 2. The van der Waals surface area contributed by atoms with Crippen molar-refractivity contribution in [1.82, 2.24) is 19.2 Å². The van der Waals surface area contributed by atoms with Crippen molar-refractivity contribution in [2.75, 3.05) is 5.32 Å². The van der Waals surface area contributed by atoms with Crippen molar-refractivity contribution in [1.29, 1.82) is 0 Å². The molecule has 0 bridgehead atoms. The van der Waals surface area contributed by atoms with Crippen LogP contribution in [0.3, 0.4) is 0 Å². The van der Waals surface area contributed by atoms with Crippen LogP contribution < -0.4 is 10.9 Å². The van der Waals surface area contributed by atoms with Gasteiger partial charge in [0.05, 0.1) is 0 Å². The van der Waals surface area contributed by atoms with Gasteiger partial charge in [0.1, 0.15) is 6.54 Å². The molecule has 0 saturated heterocycles. The molecule has 1 N–H and O–H groups in total. The summed E-state index contributed by atoms with van der Waals surface area (Å²) >= 11 is 0. The highest BCUT2D eigenvalue weighted by Crippen LogP contribution is 2.16. The first-order chi connectivity index (χ1) is 14.0. The maximum absolute atomic E-state index is 12.6. The third kappa shape index (κ3) is 3.80. The van der Waals surface area contributed by atoms with Crippen molar-refractivity contribution < 1.29 is 4.79 Å². The number of amides is 1. The number of carbonyl (C=O) groups excluding carboxylic acids is 1. The standard InChI is InChI=1S/C22H21N5O2/c1-3-16-9-11-18(12-10-16)23-19(28)14-26-15(2)13-20(29)27-22(26)24-21(25-27)17-7-5-4-6-8-17/h4-13H,3,14H2,1-2H3,(H,23,28). The third-order valence-electron chi connectivity index (χ3n) is 4.78. The lowest BCUT2D eigenvalue weighted by Gasteiger charge is -2.12. The van der Waals surface area contributed by atoms with E-state index in [1.165, 1.54) is 16.1 Å². The highest BCUT2D eigenvalue weighted by molar-refractivity contribution is 5.90. The van der Waals surface area contributed by atoms with E-state index in [1.54, 1.807) is 11.5 Å². The number of aromatic nitrogens is 4. The van der Waals surface area contributed by atoms with Gasteiger partial charge in [-0.1, -0.05) is 49.4 Å². The van der Waals surface area contributed by atoms with Crippen molar-refractivity contribution in [2.45, 2.75) is 26.8 Å². The van der Waals surface area contributed by atoms with Gasteiger partial charge in [0.15, 0.2) is 5.82 Å². The quantitative estimate of drug-likeness (QED) is 0.571. The molecule has 0 spiro atoms. The van der Waals surface area contributed by atoms with E-state index in [9.17, 15) is 9.59 Å². The SMILES string of the molecule is CCc1ccc(NC(=O)Cn2c(C)cc(=O)n3nc(-c4ccccc4)nc23)cc1. The number of rotatable bonds is 5. The molecule has 7 nitrogen and oxygen atoms in total. The number of nitrogens with one attached hydrogen (secondary N) is 1. The number of nitrogens with zero attached hydrogens (tertiary/aromatic N) is 4. The highest BCUT2D eigenvalue weighted by atomic mass is 16.2. The molecule has 0 unspecified atom stereocenters. The van der Waals surface area contributed by atoms with Crippen LogP contribution in [-0.2, 0) is 17.8 Å². The molecular formula is C22H21N5O2. The largest absolute Gasteiger partial charge is 0.325 e. The molecule has 2 aromatic heterocycles. The van der Waals surface area contributed by atoms with E-state index in [-0.39, 0.29) is 18.0 Å². The summed E-state index contributed by atoms with van der Waals surface area (Å²) in [6.45, 7) is 3.89. The lowest BCUT2D eigenvalue weighted by atomic mass is 10.1.